The minimum absolute atomic E-state index is 0.373. The fraction of sp³-hybridized carbons (Fsp3) is 0.333. The molecule has 78 valence electrons. The lowest BCUT2D eigenvalue weighted by atomic mass is 10.1. The summed E-state index contributed by atoms with van der Waals surface area (Å²) in [5.41, 5.74) is 1.31. The molecular formula is C12H13NO2. The fourth-order valence-electron chi connectivity index (χ4n) is 1.79. The number of ketones is 1. The quantitative estimate of drug-likeness (QED) is 0.705. The topological polar surface area (TPSA) is 37.4 Å². The van der Waals surface area contributed by atoms with Crippen molar-refractivity contribution in [2.24, 2.45) is 0 Å². The summed E-state index contributed by atoms with van der Waals surface area (Å²) < 4.78 is 0. The summed E-state index contributed by atoms with van der Waals surface area (Å²) in [6.07, 6.45) is 1.94. The van der Waals surface area contributed by atoms with E-state index in [-0.39, 0.29) is 11.7 Å². The molecule has 0 aliphatic carbocycles. The van der Waals surface area contributed by atoms with Gasteiger partial charge in [0, 0.05) is 6.54 Å². The van der Waals surface area contributed by atoms with Crippen LogP contribution in [0.1, 0.15) is 30.1 Å². The van der Waals surface area contributed by atoms with Crippen molar-refractivity contribution in [2.45, 2.75) is 19.8 Å². The van der Waals surface area contributed by atoms with Gasteiger partial charge in [0.15, 0.2) is 0 Å². The molecule has 1 aromatic rings. The third-order valence-corrected chi connectivity index (χ3v) is 2.61. The molecule has 0 saturated heterocycles. The SMILES string of the molecule is CCCCN1C(=O)C(=O)c2ccccc21. The Bertz CT molecular complexity index is 412. The van der Waals surface area contributed by atoms with E-state index >= 15 is 0 Å². The number of unbranched alkanes of at least 4 members (excludes halogenated alkanes) is 1. The zero-order chi connectivity index (χ0) is 10.8. The summed E-state index contributed by atoms with van der Waals surface area (Å²) in [4.78, 5) is 24.8. The second kappa shape index (κ2) is 3.85. The Balaban J connectivity index is 2.34. The number of fused-ring (bicyclic) bond motifs is 1. The van der Waals surface area contributed by atoms with E-state index in [1.165, 1.54) is 0 Å². The van der Waals surface area contributed by atoms with Crippen molar-refractivity contribution in [3.05, 3.63) is 29.8 Å². The van der Waals surface area contributed by atoms with Crippen LogP contribution in [0.5, 0.6) is 0 Å². The van der Waals surface area contributed by atoms with E-state index in [1.807, 2.05) is 12.1 Å². The molecule has 0 saturated carbocycles. The van der Waals surface area contributed by atoms with Gasteiger partial charge in [-0.05, 0) is 18.6 Å². The van der Waals surface area contributed by atoms with E-state index in [2.05, 4.69) is 6.92 Å². The zero-order valence-electron chi connectivity index (χ0n) is 8.69. The van der Waals surface area contributed by atoms with Gasteiger partial charge in [0.1, 0.15) is 0 Å². The second-order valence-corrected chi connectivity index (χ2v) is 3.66. The highest BCUT2D eigenvalue weighted by Gasteiger charge is 2.34. The fourth-order valence-corrected chi connectivity index (χ4v) is 1.79. The van der Waals surface area contributed by atoms with Crippen molar-refractivity contribution in [3.63, 3.8) is 0 Å². The van der Waals surface area contributed by atoms with Crippen LogP contribution in [0.15, 0.2) is 24.3 Å². The Morgan fingerprint density at radius 2 is 1.93 bits per heavy atom. The first kappa shape index (κ1) is 9.90. The lowest BCUT2D eigenvalue weighted by Gasteiger charge is -2.15. The molecule has 0 radical (unpaired) electrons. The number of anilines is 1. The van der Waals surface area contributed by atoms with Gasteiger partial charge in [-0.2, -0.15) is 0 Å². The largest absolute Gasteiger partial charge is 0.305 e. The first-order valence-corrected chi connectivity index (χ1v) is 5.21. The molecule has 0 atom stereocenters. The predicted octanol–water partition coefficient (Wildman–Crippen LogP) is 2.02. The van der Waals surface area contributed by atoms with Gasteiger partial charge in [-0.25, -0.2) is 0 Å². The van der Waals surface area contributed by atoms with Crippen molar-refractivity contribution in [1.82, 2.24) is 0 Å². The number of hydrogen-bond donors (Lipinski definition) is 0. The highest BCUT2D eigenvalue weighted by molar-refractivity contribution is 6.52. The molecule has 1 amide bonds. The number of carbonyl (C=O) groups is 2. The molecule has 0 bridgehead atoms. The van der Waals surface area contributed by atoms with Gasteiger partial charge in [0.05, 0.1) is 11.3 Å². The minimum atomic E-state index is -0.385. The minimum Gasteiger partial charge on any atom is -0.305 e. The van der Waals surface area contributed by atoms with Gasteiger partial charge in [0.2, 0.25) is 0 Å². The molecule has 0 unspecified atom stereocenters. The van der Waals surface area contributed by atoms with Gasteiger partial charge in [0.25, 0.3) is 11.7 Å². The van der Waals surface area contributed by atoms with Crippen molar-refractivity contribution in [1.29, 1.82) is 0 Å². The summed E-state index contributed by atoms with van der Waals surface area (Å²) in [5, 5.41) is 0. The maximum atomic E-state index is 11.6. The number of Topliss-reactive ketones (excluding diaryl/α,β-unsaturated/α-hetero) is 1. The molecule has 0 fully saturated rings. The maximum Gasteiger partial charge on any atom is 0.299 e. The average Bonchev–Trinajstić information content (AvgIpc) is 2.51. The Hall–Kier alpha value is -1.64. The lowest BCUT2D eigenvalue weighted by Crippen LogP contribution is -2.30. The number of nitrogens with zero attached hydrogens (tertiary/aromatic N) is 1. The van der Waals surface area contributed by atoms with Gasteiger partial charge in [-0.1, -0.05) is 25.5 Å². The van der Waals surface area contributed by atoms with Crippen LogP contribution in [0.4, 0.5) is 5.69 Å². The molecule has 3 nitrogen and oxygen atoms in total. The standard InChI is InChI=1S/C12H13NO2/c1-2-3-8-13-10-7-5-4-6-9(10)11(14)12(13)15/h4-7H,2-3,8H2,1H3. The molecule has 1 heterocycles. The van der Waals surface area contributed by atoms with E-state index in [0.29, 0.717) is 12.1 Å². The Morgan fingerprint density at radius 3 is 2.67 bits per heavy atom. The highest BCUT2D eigenvalue weighted by atomic mass is 16.2. The molecule has 3 heteroatoms. The summed E-state index contributed by atoms with van der Waals surface area (Å²) in [7, 11) is 0. The van der Waals surface area contributed by atoms with Gasteiger partial charge in [-0.3, -0.25) is 9.59 Å². The molecular weight excluding hydrogens is 190 g/mol. The molecule has 1 aliphatic heterocycles. The molecule has 1 aromatic carbocycles. The van der Waals surface area contributed by atoms with Crippen molar-refractivity contribution >= 4 is 17.4 Å². The van der Waals surface area contributed by atoms with E-state index in [0.717, 1.165) is 18.5 Å². The molecule has 2 rings (SSSR count). The summed E-state index contributed by atoms with van der Waals surface area (Å²) in [6, 6.07) is 7.17. The average molecular weight is 203 g/mol. The van der Waals surface area contributed by atoms with E-state index < -0.39 is 0 Å². The van der Waals surface area contributed by atoms with Gasteiger partial charge >= 0.3 is 0 Å². The number of carbonyl (C=O) groups excluding carboxylic acids is 2. The first-order valence-electron chi connectivity index (χ1n) is 5.21. The monoisotopic (exact) mass is 203 g/mol. The maximum absolute atomic E-state index is 11.6. The van der Waals surface area contributed by atoms with Crippen molar-refractivity contribution in [3.8, 4) is 0 Å². The van der Waals surface area contributed by atoms with Crippen LogP contribution in [-0.2, 0) is 4.79 Å². The van der Waals surface area contributed by atoms with Crippen LogP contribution >= 0.6 is 0 Å². The third kappa shape index (κ3) is 1.54. The summed E-state index contributed by atoms with van der Waals surface area (Å²) >= 11 is 0. The number of amides is 1. The molecule has 0 N–H and O–H groups in total. The Kier molecular flexibility index (Phi) is 2.54. The van der Waals surface area contributed by atoms with Crippen molar-refractivity contribution in [2.75, 3.05) is 11.4 Å². The Morgan fingerprint density at radius 1 is 1.20 bits per heavy atom. The smallest absolute Gasteiger partial charge is 0.299 e. The molecule has 1 aliphatic rings. The molecule has 15 heavy (non-hydrogen) atoms. The van der Waals surface area contributed by atoms with Crippen LogP contribution in [0.2, 0.25) is 0 Å². The summed E-state index contributed by atoms with van der Waals surface area (Å²) in [5.74, 6) is -0.758. The van der Waals surface area contributed by atoms with Crippen LogP contribution in [0.3, 0.4) is 0 Å². The molecule has 0 spiro atoms. The van der Waals surface area contributed by atoms with Gasteiger partial charge < -0.3 is 4.90 Å². The van der Waals surface area contributed by atoms with Crippen LogP contribution in [0.25, 0.3) is 0 Å². The van der Waals surface area contributed by atoms with E-state index in [4.69, 9.17) is 0 Å². The number of rotatable bonds is 3. The van der Waals surface area contributed by atoms with Crippen LogP contribution < -0.4 is 4.90 Å². The third-order valence-electron chi connectivity index (χ3n) is 2.61. The Labute approximate surface area is 88.7 Å². The van der Waals surface area contributed by atoms with E-state index in [1.54, 1.807) is 17.0 Å². The van der Waals surface area contributed by atoms with Crippen LogP contribution in [0, 0.1) is 0 Å². The summed E-state index contributed by atoms with van der Waals surface area (Å²) in [6.45, 7) is 2.70. The highest BCUT2D eigenvalue weighted by Crippen LogP contribution is 2.28. The van der Waals surface area contributed by atoms with Crippen LogP contribution in [-0.4, -0.2) is 18.2 Å². The zero-order valence-corrected chi connectivity index (χ0v) is 8.69. The number of para-hydroxylation sites is 1. The second-order valence-electron chi connectivity index (χ2n) is 3.66. The number of hydrogen-bond acceptors (Lipinski definition) is 2. The normalized spacial score (nSPS) is 14.6. The first-order chi connectivity index (χ1) is 7.25. The predicted molar refractivity (Wildman–Crippen MR) is 58.0 cm³/mol. The lowest BCUT2D eigenvalue weighted by molar-refractivity contribution is -0.114. The van der Waals surface area contributed by atoms with Gasteiger partial charge in [-0.15, -0.1) is 0 Å². The number of benzene rings is 1. The molecule has 0 aromatic heterocycles. The van der Waals surface area contributed by atoms with E-state index in [9.17, 15) is 9.59 Å². The van der Waals surface area contributed by atoms with Crippen molar-refractivity contribution < 1.29 is 9.59 Å².